The van der Waals surface area contributed by atoms with E-state index in [-0.39, 0.29) is 29.9 Å². The normalized spacial score (nSPS) is 16.0. The number of anilines is 1. The Hall–Kier alpha value is -3.47. The van der Waals surface area contributed by atoms with Gasteiger partial charge in [0.1, 0.15) is 12.6 Å². The fourth-order valence-electron chi connectivity index (χ4n) is 2.71. The van der Waals surface area contributed by atoms with E-state index in [1.165, 1.54) is 23.9 Å². The highest BCUT2D eigenvalue weighted by Gasteiger charge is 2.25. The number of amides is 2. The van der Waals surface area contributed by atoms with E-state index >= 15 is 0 Å². The molecule has 2 amide bonds. The molecule has 1 aromatic heterocycles. The van der Waals surface area contributed by atoms with E-state index in [1.807, 2.05) is 6.07 Å². The smallest absolute Gasteiger partial charge is 0.254 e. The third-order valence-electron chi connectivity index (χ3n) is 4.92. The maximum atomic E-state index is 12.7. The van der Waals surface area contributed by atoms with Gasteiger partial charge in [0, 0.05) is 31.3 Å². The molecule has 2 aromatic rings. The molecule has 8 heteroatoms. The molecule has 0 unspecified atom stereocenters. The summed E-state index contributed by atoms with van der Waals surface area (Å²) >= 11 is 0. The zero-order valence-corrected chi connectivity index (χ0v) is 16.6. The second-order valence-corrected chi connectivity index (χ2v) is 7.41. The standard InChI is InChI=1S/C17H16N6O2.C4H8/c1-22-5-6-23(10-15(22)24)17(25)12-4-2-3-11(7-12)14-9-20-16(19)13(8-18)21-14;1-4-2-3-4/h2-4,7,9H,5-6,10H2,1H3,(H2,19,20);4H,2-3H2,1H3. The van der Waals surface area contributed by atoms with E-state index in [1.54, 1.807) is 36.2 Å². The first-order valence-corrected chi connectivity index (χ1v) is 9.55. The molecule has 29 heavy (non-hydrogen) atoms. The zero-order valence-electron chi connectivity index (χ0n) is 16.6. The van der Waals surface area contributed by atoms with Crippen LogP contribution in [0.15, 0.2) is 30.5 Å². The Morgan fingerprint density at radius 1 is 1.31 bits per heavy atom. The summed E-state index contributed by atoms with van der Waals surface area (Å²) in [5.74, 6) is 0.848. The number of nitriles is 1. The minimum atomic E-state index is -0.216. The molecule has 2 heterocycles. The monoisotopic (exact) mass is 392 g/mol. The molecule has 8 nitrogen and oxygen atoms in total. The van der Waals surface area contributed by atoms with Crippen LogP contribution < -0.4 is 5.73 Å². The Bertz CT molecular complexity index is 964. The van der Waals surface area contributed by atoms with Crippen molar-refractivity contribution in [2.45, 2.75) is 19.8 Å². The van der Waals surface area contributed by atoms with E-state index in [9.17, 15) is 9.59 Å². The van der Waals surface area contributed by atoms with Crippen LogP contribution >= 0.6 is 0 Å². The third kappa shape index (κ3) is 5.08. The number of nitrogen functional groups attached to an aromatic ring is 1. The molecule has 4 rings (SSSR count). The predicted octanol–water partition coefficient (Wildman–Crippen LogP) is 1.93. The number of nitrogens with two attached hydrogens (primary N) is 1. The Kier molecular flexibility index (Phi) is 6.07. The summed E-state index contributed by atoms with van der Waals surface area (Å²) in [6.45, 7) is 3.35. The zero-order chi connectivity index (χ0) is 21.0. The molecule has 0 bridgehead atoms. The molecule has 0 spiro atoms. The Labute approximate surface area is 170 Å². The van der Waals surface area contributed by atoms with Crippen LogP contribution in [0, 0.1) is 17.2 Å². The van der Waals surface area contributed by atoms with Crippen LogP contribution in [-0.4, -0.2) is 58.3 Å². The molecular weight excluding hydrogens is 368 g/mol. The van der Waals surface area contributed by atoms with Crippen molar-refractivity contribution in [3.8, 4) is 17.3 Å². The maximum Gasteiger partial charge on any atom is 0.254 e. The lowest BCUT2D eigenvalue weighted by Crippen LogP contribution is -2.50. The van der Waals surface area contributed by atoms with E-state index in [0.717, 1.165) is 5.92 Å². The van der Waals surface area contributed by atoms with Gasteiger partial charge in [0.15, 0.2) is 11.5 Å². The summed E-state index contributed by atoms with van der Waals surface area (Å²) in [6.07, 6.45) is 4.43. The number of rotatable bonds is 2. The highest BCUT2D eigenvalue weighted by molar-refractivity contribution is 5.97. The van der Waals surface area contributed by atoms with Crippen LogP contribution in [-0.2, 0) is 4.79 Å². The number of likely N-dealkylation sites (N-methyl/N-ethyl adjacent to an activating group) is 1. The largest absolute Gasteiger partial charge is 0.381 e. The maximum absolute atomic E-state index is 12.7. The SMILES string of the molecule is CC1CC1.CN1CCN(C(=O)c2cccc(-c3cnc(N)c(C#N)n3)c2)CC1=O. The van der Waals surface area contributed by atoms with E-state index in [4.69, 9.17) is 11.0 Å². The van der Waals surface area contributed by atoms with Gasteiger partial charge in [-0.05, 0) is 18.1 Å². The van der Waals surface area contributed by atoms with Crippen LogP contribution in [0.5, 0.6) is 0 Å². The molecule has 1 saturated carbocycles. The average molecular weight is 392 g/mol. The van der Waals surface area contributed by atoms with E-state index in [0.29, 0.717) is 29.9 Å². The first-order chi connectivity index (χ1) is 13.9. The number of hydrogen-bond acceptors (Lipinski definition) is 6. The second kappa shape index (κ2) is 8.69. The van der Waals surface area contributed by atoms with Gasteiger partial charge in [-0.2, -0.15) is 5.26 Å². The Balaban J connectivity index is 0.000000536. The van der Waals surface area contributed by atoms with Crippen LogP contribution in [0.2, 0.25) is 0 Å². The van der Waals surface area contributed by atoms with Crippen molar-refractivity contribution >= 4 is 17.6 Å². The number of nitrogens with zero attached hydrogens (tertiary/aromatic N) is 5. The summed E-state index contributed by atoms with van der Waals surface area (Å²) in [6, 6.07) is 8.74. The summed E-state index contributed by atoms with van der Waals surface area (Å²) in [7, 11) is 1.72. The first-order valence-electron chi connectivity index (χ1n) is 9.55. The van der Waals surface area contributed by atoms with Crippen molar-refractivity contribution in [1.29, 1.82) is 5.26 Å². The molecule has 1 aliphatic carbocycles. The molecule has 150 valence electrons. The summed E-state index contributed by atoms with van der Waals surface area (Å²) in [5.41, 5.74) is 7.18. The van der Waals surface area contributed by atoms with Gasteiger partial charge in [-0.25, -0.2) is 9.97 Å². The van der Waals surface area contributed by atoms with Gasteiger partial charge in [0.25, 0.3) is 5.91 Å². The molecular formula is C21H24N6O2. The summed E-state index contributed by atoms with van der Waals surface area (Å²) in [5, 5.41) is 9.02. The minimum absolute atomic E-state index is 0.0406. The van der Waals surface area contributed by atoms with Gasteiger partial charge >= 0.3 is 0 Å². The predicted molar refractivity (Wildman–Crippen MR) is 109 cm³/mol. The van der Waals surface area contributed by atoms with Crippen molar-refractivity contribution in [3.63, 3.8) is 0 Å². The number of hydrogen-bond donors (Lipinski definition) is 1. The summed E-state index contributed by atoms with van der Waals surface area (Å²) in [4.78, 5) is 35.7. The van der Waals surface area contributed by atoms with Gasteiger partial charge in [-0.1, -0.05) is 31.9 Å². The van der Waals surface area contributed by atoms with E-state index in [2.05, 4.69) is 16.9 Å². The first kappa shape index (κ1) is 20.3. The van der Waals surface area contributed by atoms with Crippen LogP contribution in [0.4, 0.5) is 5.82 Å². The molecule has 0 radical (unpaired) electrons. The molecule has 1 aliphatic heterocycles. The van der Waals surface area contributed by atoms with E-state index < -0.39 is 0 Å². The lowest BCUT2D eigenvalue weighted by molar-refractivity contribution is -0.133. The minimum Gasteiger partial charge on any atom is -0.381 e. The van der Waals surface area contributed by atoms with Crippen LogP contribution in [0.25, 0.3) is 11.3 Å². The van der Waals surface area contributed by atoms with Crippen LogP contribution in [0.1, 0.15) is 35.8 Å². The van der Waals surface area contributed by atoms with Crippen molar-refractivity contribution in [2.75, 3.05) is 32.4 Å². The highest BCUT2D eigenvalue weighted by Crippen LogP contribution is 2.26. The second-order valence-electron chi connectivity index (χ2n) is 7.41. The molecule has 2 aliphatic rings. The molecule has 2 fully saturated rings. The van der Waals surface area contributed by atoms with Gasteiger partial charge < -0.3 is 15.5 Å². The molecule has 1 saturated heterocycles. The average Bonchev–Trinajstić information content (AvgIpc) is 3.52. The quantitative estimate of drug-likeness (QED) is 0.835. The Morgan fingerprint density at radius 3 is 2.66 bits per heavy atom. The summed E-state index contributed by atoms with van der Waals surface area (Å²) < 4.78 is 0. The molecule has 2 N–H and O–H groups in total. The Morgan fingerprint density at radius 2 is 2.03 bits per heavy atom. The number of benzene rings is 1. The number of carbonyl (C=O) groups excluding carboxylic acids is 2. The number of carbonyl (C=O) groups is 2. The third-order valence-corrected chi connectivity index (χ3v) is 4.92. The number of aromatic nitrogens is 2. The number of piperazine rings is 1. The lowest BCUT2D eigenvalue weighted by Gasteiger charge is -2.32. The fourth-order valence-corrected chi connectivity index (χ4v) is 2.71. The highest BCUT2D eigenvalue weighted by atomic mass is 16.2. The lowest BCUT2D eigenvalue weighted by atomic mass is 10.1. The molecule has 0 atom stereocenters. The topological polar surface area (TPSA) is 116 Å². The van der Waals surface area contributed by atoms with Gasteiger partial charge in [0.2, 0.25) is 5.91 Å². The van der Waals surface area contributed by atoms with Gasteiger partial charge in [-0.15, -0.1) is 0 Å². The van der Waals surface area contributed by atoms with Crippen molar-refractivity contribution < 1.29 is 9.59 Å². The van der Waals surface area contributed by atoms with Gasteiger partial charge in [-0.3, -0.25) is 9.59 Å². The van der Waals surface area contributed by atoms with Crippen molar-refractivity contribution in [3.05, 3.63) is 41.7 Å². The molecule has 1 aromatic carbocycles. The van der Waals surface area contributed by atoms with Crippen molar-refractivity contribution in [2.24, 2.45) is 5.92 Å². The van der Waals surface area contributed by atoms with Crippen molar-refractivity contribution in [1.82, 2.24) is 19.8 Å². The van der Waals surface area contributed by atoms with Gasteiger partial charge in [0.05, 0.1) is 11.9 Å². The fraction of sp³-hybridized carbons (Fsp3) is 0.381. The van der Waals surface area contributed by atoms with Crippen LogP contribution in [0.3, 0.4) is 0 Å².